The van der Waals surface area contributed by atoms with Crippen LogP contribution in [0.1, 0.15) is 46.8 Å². The van der Waals surface area contributed by atoms with E-state index in [2.05, 4.69) is 86.6 Å². The molecule has 0 N–H and O–H groups in total. The van der Waals surface area contributed by atoms with Crippen LogP contribution in [0.4, 0.5) is 0 Å². The first kappa shape index (κ1) is 20.5. The van der Waals surface area contributed by atoms with E-state index in [9.17, 15) is 0 Å². The Morgan fingerprint density at radius 2 is 0.967 bits per heavy atom. The van der Waals surface area contributed by atoms with Gasteiger partial charge in [0.25, 0.3) is 0 Å². The van der Waals surface area contributed by atoms with E-state index in [4.69, 9.17) is 9.98 Å². The Bertz CT molecular complexity index is 1030. The van der Waals surface area contributed by atoms with Gasteiger partial charge in [0.05, 0.1) is 12.1 Å². The van der Waals surface area contributed by atoms with Crippen molar-refractivity contribution in [1.82, 2.24) is 0 Å². The van der Waals surface area contributed by atoms with Crippen LogP contribution in [0.2, 0.25) is 0 Å². The molecule has 0 bridgehead atoms. The quantitative estimate of drug-likeness (QED) is 0.268. The minimum absolute atomic E-state index is 0.160. The zero-order chi connectivity index (χ0) is 20.8. The number of aliphatic imine (C=N–C) groups is 2. The second-order valence-corrected chi connectivity index (χ2v) is 9.36. The van der Waals surface area contributed by atoms with Crippen LogP contribution in [0.5, 0.6) is 0 Å². The van der Waals surface area contributed by atoms with Gasteiger partial charge in [-0.1, -0.05) is 60.7 Å². The Labute approximate surface area is 186 Å². The van der Waals surface area contributed by atoms with Gasteiger partial charge < -0.3 is 0 Å². The lowest BCUT2D eigenvalue weighted by atomic mass is 10.1. The van der Waals surface area contributed by atoms with Gasteiger partial charge in [-0.05, 0) is 49.2 Å². The van der Waals surface area contributed by atoms with Crippen molar-refractivity contribution in [3.63, 3.8) is 0 Å². The first-order valence-electron chi connectivity index (χ1n) is 10.1. The zero-order valence-electron chi connectivity index (χ0n) is 17.1. The molecule has 0 radical (unpaired) electrons. The lowest BCUT2D eigenvalue weighted by Crippen LogP contribution is -1.89. The van der Waals surface area contributed by atoms with Crippen LogP contribution >= 0.6 is 22.7 Å². The van der Waals surface area contributed by atoms with Gasteiger partial charge in [-0.2, -0.15) is 0 Å². The third-order valence-electron chi connectivity index (χ3n) is 4.91. The lowest BCUT2D eigenvalue weighted by Gasteiger charge is -2.04. The first-order valence-corrected chi connectivity index (χ1v) is 11.7. The van der Waals surface area contributed by atoms with Crippen LogP contribution in [-0.2, 0) is 0 Å². The van der Waals surface area contributed by atoms with Crippen LogP contribution in [0.3, 0.4) is 0 Å². The van der Waals surface area contributed by atoms with Crippen LogP contribution in [0, 0.1) is 0 Å². The summed E-state index contributed by atoms with van der Waals surface area (Å²) < 4.78 is 0. The fourth-order valence-electron chi connectivity index (χ4n) is 3.12. The third kappa shape index (κ3) is 5.21. The van der Waals surface area contributed by atoms with E-state index in [1.54, 1.807) is 22.7 Å². The molecular formula is C26H24N2S2. The van der Waals surface area contributed by atoms with Crippen molar-refractivity contribution in [3.05, 3.63) is 106 Å². The van der Waals surface area contributed by atoms with Crippen molar-refractivity contribution < 1.29 is 0 Å². The normalized spacial score (nSPS) is 13.8. The Kier molecular flexibility index (Phi) is 6.67. The Morgan fingerprint density at radius 3 is 1.37 bits per heavy atom. The highest BCUT2D eigenvalue weighted by molar-refractivity contribution is 7.23. The summed E-state index contributed by atoms with van der Waals surface area (Å²) in [5.41, 5.74) is 2.47. The Balaban J connectivity index is 1.41. The van der Waals surface area contributed by atoms with Gasteiger partial charge in [-0.3, -0.25) is 9.98 Å². The van der Waals surface area contributed by atoms with Gasteiger partial charge in [-0.15, -0.1) is 22.7 Å². The Hall–Kier alpha value is -2.82. The molecule has 4 aromatic rings. The summed E-state index contributed by atoms with van der Waals surface area (Å²) in [7, 11) is 0. The number of rotatable bonds is 7. The van der Waals surface area contributed by atoms with Gasteiger partial charge in [0.2, 0.25) is 0 Å². The van der Waals surface area contributed by atoms with Gasteiger partial charge in [0, 0.05) is 31.9 Å². The monoisotopic (exact) mass is 428 g/mol. The minimum atomic E-state index is 0.160. The number of hydrogen-bond acceptors (Lipinski definition) is 4. The molecule has 0 amide bonds. The molecule has 0 saturated carbocycles. The van der Waals surface area contributed by atoms with Crippen molar-refractivity contribution in [2.45, 2.75) is 25.9 Å². The second kappa shape index (κ2) is 9.79. The van der Waals surface area contributed by atoms with Gasteiger partial charge in [0.1, 0.15) is 0 Å². The van der Waals surface area contributed by atoms with Crippen molar-refractivity contribution in [1.29, 1.82) is 0 Å². The number of nitrogens with zero attached hydrogens (tertiary/aromatic N) is 2. The molecule has 0 aliphatic heterocycles. The molecule has 0 saturated heterocycles. The van der Waals surface area contributed by atoms with Crippen LogP contribution in [-0.4, -0.2) is 12.4 Å². The van der Waals surface area contributed by atoms with Crippen LogP contribution in [0.25, 0.3) is 9.75 Å². The fraction of sp³-hybridized carbons (Fsp3) is 0.154. The SMILES string of the molecule is C[C@H](N=Cc1ccc(-c2ccc(C=N[C@@H](C)c3ccccc3)s2)s1)c1ccccc1. The molecule has 0 spiro atoms. The van der Waals surface area contributed by atoms with Crippen molar-refractivity contribution in [2.24, 2.45) is 9.98 Å². The summed E-state index contributed by atoms with van der Waals surface area (Å²) in [6, 6.07) is 29.8. The molecule has 0 fully saturated rings. The molecule has 4 rings (SSSR count). The summed E-state index contributed by atoms with van der Waals surface area (Å²) >= 11 is 3.55. The zero-order valence-corrected chi connectivity index (χ0v) is 18.7. The van der Waals surface area contributed by atoms with E-state index in [-0.39, 0.29) is 12.1 Å². The topological polar surface area (TPSA) is 24.7 Å². The molecule has 0 unspecified atom stereocenters. The van der Waals surface area contributed by atoms with E-state index in [1.807, 2.05) is 24.6 Å². The van der Waals surface area contributed by atoms with Crippen LogP contribution < -0.4 is 0 Å². The van der Waals surface area contributed by atoms with E-state index < -0.39 is 0 Å². The smallest absolute Gasteiger partial charge is 0.0721 e. The van der Waals surface area contributed by atoms with E-state index in [0.29, 0.717) is 0 Å². The molecule has 2 atom stereocenters. The largest absolute Gasteiger partial charge is 0.284 e. The van der Waals surface area contributed by atoms with E-state index in [0.717, 1.165) is 0 Å². The van der Waals surface area contributed by atoms with Gasteiger partial charge in [-0.25, -0.2) is 0 Å². The predicted octanol–water partition coefficient (Wildman–Crippen LogP) is 7.84. The molecule has 2 aromatic heterocycles. The summed E-state index contributed by atoms with van der Waals surface area (Å²) in [5, 5.41) is 0. The van der Waals surface area contributed by atoms with Crippen molar-refractivity contribution in [2.75, 3.05) is 0 Å². The van der Waals surface area contributed by atoms with Crippen molar-refractivity contribution in [3.8, 4) is 9.75 Å². The van der Waals surface area contributed by atoms with E-state index >= 15 is 0 Å². The molecule has 4 heteroatoms. The summed E-state index contributed by atoms with van der Waals surface area (Å²) in [6.45, 7) is 4.25. The highest BCUT2D eigenvalue weighted by Gasteiger charge is 2.07. The van der Waals surface area contributed by atoms with E-state index in [1.165, 1.54) is 30.6 Å². The molecule has 2 heterocycles. The average Bonchev–Trinajstić information content (AvgIpc) is 3.46. The maximum atomic E-state index is 4.72. The lowest BCUT2D eigenvalue weighted by molar-refractivity contribution is 0.825. The van der Waals surface area contributed by atoms with Gasteiger partial charge >= 0.3 is 0 Å². The summed E-state index contributed by atoms with van der Waals surface area (Å²) in [5.74, 6) is 0. The third-order valence-corrected chi connectivity index (χ3v) is 7.15. The Morgan fingerprint density at radius 1 is 0.567 bits per heavy atom. The second-order valence-electron chi connectivity index (χ2n) is 7.13. The van der Waals surface area contributed by atoms with Gasteiger partial charge in [0.15, 0.2) is 0 Å². The predicted molar refractivity (Wildman–Crippen MR) is 133 cm³/mol. The molecule has 2 aromatic carbocycles. The molecule has 30 heavy (non-hydrogen) atoms. The number of hydrogen-bond donors (Lipinski definition) is 0. The highest BCUT2D eigenvalue weighted by Crippen LogP contribution is 2.33. The highest BCUT2D eigenvalue weighted by atomic mass is 32.1. The van der Waals surface area contributed by atoms with Crippen LogP contribution in [0.15, 0.2) is 94.9 Å². The average molecular weight is 429 g/mol. The summed E-state index contributed by atoms with van der Waals surface area (Å²) in [4.78, 5) is 14.3. The molecule has 150 valence electrons. The summed E-state index contributed by atoms with van der Waals surface area (Å²) in [6.07, 6.45) is 3.98. The number of benzene rings is 2. The fourth-order valence-corrected chi connectivity index (χ4v) is 4.98. The maximum absolute atomic E-state index is 4.72. The van der Waals surface area contributed by atoms with Crippen molar-refractivity contribution >= 4 is 35.1 Å². The maximum Gasteiger partial charge on any atom is 0.0721 e. The number of thiophene rings is 2. The first-order chi connectivity index (χ1) is 14.7. The molecular weight excluding hydrogens is 404 g/mol. The molecule has 0 aliphatic carbocycles. The standard InChI is InChI=1S/C26H24N2S2/c1-19(21-9-5-3-6-10-21)27-17-23-13-15-25(29-23)26-16-14-24(30-26)18-28-20(2)22-11-7-4-8-12-22/h3-20H,1-2H3/t19-,20-/m0/s1. The molecule has 0 aliphatic rings. The molecule has 2 nitrogen and oxygen atoms in total. The minimum Gasteiger partial charge on any atom is -0.284 e.